The summed E-state index contributed by atoms with van der Waals surface area (Å²) in [4.78, 5) is 0. The molecule has 0 bridgehead atoms. The molecule has 0 aliphatic heterocycles. The minimum absolute atomic E-state index is 0.113. The van der Waals surface area contributed by atoms with Gasteiger partial charge in [0.1, 0.15) is 6.10 Å². The lowest BCUT2D eigenvalue weighted by atomic mass is 10.0. The van der Waals surface area contributed by atoms with Gasteiger partial charge in [-0.15, -0.1) is 0 Å². The van der Waals surface area contributed by atoms with E-state index in [4.69, 9.17) is 5.11 Å². The number of alkyl halides is 2. The Morgan fingerprint density at radius 3 is 2.35 bits per heavy atom. The zero-order valence-corrected chi connectivity index (χ0v) is 10.8. The molecule has 2 rings (SSSR count). The second-order valence-corrected chi connectivity index (χ2v) is 4.68. The summed E-state index contributed by atoms with van der Waals surface area (Å²) < 4.78 is 24.2. The van der Waals surface area contributed by atoms with Crippen molar-refractivity contribution in [1.29, 1.82) is 0 Å². The van der Waals surface area contributed by atoms with Crippen LogP contribution in [0.25, 0.3) is 10.8 Å². The van der Waals surface area contributed by atoms with E-state index in [-0.39, 0.29) is 13.1 Å². The maximum absolute atomic E-state index is 12.1. The Kier molecular flexibility index (Phi) is 5.00. The first kappa shape index (κ1) is 14.8. The fourth-order valence-electron chi connectivity index (χ4n) is 1.99. The Balaban J connectivity index is 1.95. The molecule has 0 fully saturated rings. The Hall–Kier alpha value is -1.56. The van der Waals surface area contributed by atoms with E-state index < -0.39 is 18.6 Å². The first-order chi connectivity index (χ1) is 9.58. The second kappa shape index (κ2) is 6.74. The average molecular weight is 281 g/mol. The van der Waals surface area contributed by atoms with Crippen molar-refractivity contribution >= 4 is 10.8 Å². The molecule has 2 aromatic carbocycles. The van der Waals surface area contributed by atoms with Gasteiger partial charge in [0, 0.05) is 13.1 Å². The fourth-order valence-corrected chi connectivity index (χ4v) is 1.99. The monoisotopic (exact) mass is 281 g/mol. The maximum Gasteiger partial charge on any atom is 0.265 e. The second-order valence-electron chi connectivity index (χ2n) is 4.68. The van der Waals surface area contributed by atoms with Crippen molar-refractivity contribution in [3.63, 3.8) is 0 Å². The van der Waals surface area contributed by atoms with Gasteiger partial charge in [0.05, 0.1) is 6.10 Å². The molecule has 3 nitrogen and oxygen atoms in total. The van der Waals surface area contributed by atoms with Crippen molar-refractivity contribution in [3.05, 3.63) is 48.0 Å². The Bertz CT molecular complexity index is 562. The van der Waals surface area contributed by atoms with Crippen LogP contribution >= 0.6 is 0 Å². The summed E-state index contributed by atoms with van der Waals surface area (Å²) in [5.74, 6) is 0. The highest BCUT2D eigenvalue weighted by atomic mass is 19.3. The number of fused-ring (bicyclic) bond motifs is 1. The van der Waals surface area contributed by atoms with Crippen LogP contribution in [0.3, 0.4) is 0 Å². The molecule has 0 spiro atoms. The van der Waals surface area contributed by atoms with Crippen molar-refractivity contribution in [3.8, 4) is 0 Å². The minimum Gasteiger partial charge on any atom is -0.387 e. The molecule has 0 radical (unpaired) electrons. The number of aliphatic hydroxyl groups is 2. The molecule has 0 saturated heterocycles. The van der Waals surface area contributed by atoms with Crippen LogP contribution in [0.15, 0.2) is 42.5 Å². The zero-order chi connectivity index (χ0) is 14.5. The van der Waals surface area contributed by atoms with E-state index in [1.54, 1.807) is 6.07 Å². The van der Waals surface area contributed by atoms with Gasteiger partial charge < -0.3 is 15.5 Å². The van der Waals surface area contributed by atoms with Crippen molar-refractivity contribution in [2.75, 3.05) is 13.1 Å². The molecular weight excluding hydrogens is 264 g/mol. The van der Waals surface area contributed by atoms with E-state index in [0.717, 1.165) is 10.8 Å². The van der Waals surface area contributed by atoms with E-state index >= 15 is 0 Å². The summed E-state index contributed by atoms with van der Waals surface area (Å²) >= 11 is 0. The summed E-state index contributed by atoms with van der Waals surface area (Å²) in [6.07, 6.45) is -5.29. The topological polar surface area (TPSA) is 52.5 Å². The summed E-state index contributed by atoms with van der Waals surface area (Å²) in [5.41, 5.74) is 0.711. The first-order valence-corrected chi connectivity index (χ1v) is 6.41. The van der Waals surface area contributed by atoms with Crippen LogP contribution in [0.5, 0.6) is 0 Å². The fraction of sp³-hybridized carbons (Fsp3) is 0.333. The van der Waals surface area contributed by atoms with Gasteiger partial charge in [-0.1, -0.05) is 36.4 Å². The maximum atomic E-state index is 12.1. The van der Waals surface area contributed by atoms with Gasteiger partial charge in [0.2, 0.25) is 0 Å². The zero-order valence-electron chi connectivity index (χ0n) is 10.8. The van der Waals surface area contributed by atoms with Crippen molar-refractivity contribution < 1.29 is 19.0 Å². The highest BCUT2D eigenvalue weighted by Gasteiger charge is 2.16. The normalized spacial score (nSPS) is 14.7. The lowest BCUT2D eigenvalue weighted by molar-refractivity contribution is -0.00462. The molecule has 3 N–H and O–H groups in total. The predicted octanol–water partition coefficient (Wildman–Crippen LogP) is 2.09. The van der Waals surface area contributed by atoms with Crippen LogP contribution < -0.4 is 5.32 Å². The van der Waals surface area contributed by atoms with Gasteiger partial charge in [-0.2, -0.15) is 0 Å². The standard InChI is InChI=1S/C15H17F2NO2/c16-15(17)14(20)9-18-8-13(19)12-6-5-10-3-1-2-4-11(10)7-12/h1-7,13-15,18-20H,8-9H2. The highest BCUT2D eigenvalue weighted by molar-refractivity contribution is 5.83. The van der Waals surface area contributed by atoms with E-state index in [0.29, 0.717) is 5.56 Å². The third-order valence-corrected chi connectivity index (χ3v) is 3.14. The third-order valence-electron chi connectivity index (χ3n) is 3.14. The predicted molar refractivity (Wildman–Crippen MR) is 73.8 cm³/mol. The molecule has 0 aromatic heterocycles. The molecule has 5 heteroatoms. The van der Waals surface area contributed by atoms with Gasteiger partial charge >= 0.3 is 0 Å². The van der Waals surface area contributed by atoms with Crippen LogP contribution in [0.2, 0.25) is 0 Å². The number of rotatable bonds is 6. The Morgan fingerprint density at radius 2 is 1.65 bits per heavy atom. The van der Waals surface area contributed by atoms with E-state index in [1.807, 2.05) is 36.4 Å². The molecule has 2 atom stereocenters. The van der Waals surface area contributed by atoms with Crippen LogP contribution in [-0.4, -0.2) is 35.8 Å². The van der Waals surface area contributed by atoms with E-state index in [9.17, 15) is 13.9 Å². The van der Waals surface area contributed by atoms with Crippen molar-refractivity contribution in [1.82, 2.24) is 5.32 Å². The van der Waals surface area contributed by atoms with Crippen LogP contribution in [0.4, 0.5) is 8.78 Å². The smallest absolute Gasteiger partial charge is 0.265 e. The van der Waals surface area contributed by atoms with Crippen molar-refractivity contribution in [2.24, 2.45) is 0 Å². The number of halogens is 2. The lowest BCUT2D eigenvalue weighted by Gasteiger charge is -2.15. The number of hydrogen-bond acceptors (Lipinski definition) is 3. The Morgan fingerprint density at radius 1 is 0.950 bits per heavy atom. The van der Waals surface area contributed by atoms with Gasteiger partial charge in [0.25, 0.3) is 6.43 Å². The summed E-state index contributed by atoms with van der Waals surface area (Å²) in [5, 5.41) is 23.7. The molecule has 0 heterocycles. The van der Waals surface area contributed by atoms with E-state index in [2.05, 4.69) is 5.32 Å². The van der Waals surface area contributed by atoms with Gasteiger partial charge in [-0.3, -0.25) is 0 Å². The van der Waals surface area contributed by atoms with Crippen LogP contribution in [0.1, 0.15) is 11.7 Å². The number of nitrogens with one attached hydrogen (secondary N) is 1. The lowest BCUT2D eigenvalue weighted by Crippen LogP contribution is -2.34. The number of hydrogen-bond donors (Lipinski definition) is 3. The molecule has 0 aliphatic carbocycles. The molecular formula is C15H17F2NO2. The number of aliphatic hydroxyl groups excluding tert-OH is 2. The SMILES string of the molecule is OC(CNCC(O)C(F)F)c1ccc2ccccc2c1. The van der Waals surface area contributed by atoms with Crippen LogP contribution in [0, 0.1) is 0 Å². The van der Waals surface area contributed by atoms with E-state index in [1.165, 1.54) is 0 Å². The summed E-state index contributed by atoms with van der Waals surface area (Å²) in [6.45, 7) is -0.134. The molecule has 0 aliphatic rings. The van der Waals surface area contributed by atoms with Crippen molar-refractivity contribution in [2.45, 2.75) is 18.6 Å². The van der Waals surface area contributed by atoms with Gasteiger partial charge in [-0.25, -0.2) is 8.78 Å². The first-order valence-electron chi connectivity index (χ1n) is 6.41. The molecule has 0 saturated carbocycles. The summed E-state index contributed by atoms with van der Waals surface area (Å²) in [6, 6.07) is 13.3. The third kappa shape index (κ3) is 3.72. The number of benzene rings is 2. The molecule has 108 valence electrons. The molecule has 20 heavy (non-hydrogen) atoms. The Labute approximate surface area is 115 Å². The molecule has 2 unspecified atom stereocenters. The van der Waals surface area contributed by atoms with Crippen LogP contribution in [-0.2, 0) is 0 Å². The summed E-state index contributed by atoms with van der Waals surface area (Å²) in [7, 11) is 0. The van der Waals surface area contributed by atoms with Gasteiger partial charge in [-0.05, 0) is 22.4 Å². The highest BCUT2D eigenvalue weighted by Crippen LogP contribution is 2.20. The largest absolute Gasteiger partial charge is 0.387 e. The van der Waals surface area contributed by atoms with Gasteiger partial charge in [0.15, 0.2) is 0 Å². The molecule has 2 aromatic rings. The quantitative estimate of drug-likeness (QED) is 0.760. The minimum atomic E-state index is -2.78. The average Bonchev–Trinajstić information content (AvgIpc) is 2.46. The molecule has 0 amide bonds.